The molecule has 0 radical (unpaired) electrons. The zero-order chi connectivity index (χ0) is 25.2. The van der Waals surface area contributed by atoms with Gasteiger partial charge in [0.25, 0.3) is 5.91 Å². The van der Waals surface area contributed by atoms with Gasteiger partial charge in [-0.1, -0.05) is 0 Å². The second-order valence-corrected chi connectivity index (χ2v) is 8.57. The maximum Gasteiger partial charge on any atom is 0.421 e. The number of ether oxygens (including phenoxy) is 1. The highest BCUT2D eigenvalue weighted by atomic mass is 19.4. The summed E-state index contributed by atoms with van der Waals surface area (Å²) in [6.07, 6.45) is -1.13. The van der Waals surface area contributed by atoms with Gasteiger partial charge in [-0.2, -0.15) is 18.2 Å². The molecule has 188 valence electrons. The van der Waals surface area contributed by atoms with Crippen LogP contribution in [-0.2, 0) is 17.5 Å². The minimum Gasteiger partial charge on any atom is -0.495 e. The molecule has 1 aromatic carbocycles. The molecule has 9 nitrogen and oxygen atoms in total. The highest BCUT2D eigenvalue weighted by Crippen LogP contribution is 2.36. The maximum atomic E-state index is 13.6. The van der Waals surface area contributed by atoms with Crippen molar-refractivity contribution in [3.63, 3.8) is 0 Å². The molecule has 12 heteroatoms. The number of methoxy groups -OCH3 is 1. The topological polar surface area (TPSA) is 99.7 Å². The lowest BCUT2D eigenvalue weighted by atomic mass is 10.1. The Kier molecular flexibility index (Phi) is 6.99. The summed E-state index contributed by atoms with van der Waals surface area (Å²) in [5, 5.41) is 5.62. The SMILES string of the molecule is COc1cc2c(cc1Nc1ncc(C(F)(F)F)c(NCCCN3CCCCC3=O)n1)C(=O)N(C)C2. The fourth-order valence-corrected chi connectivity index (χ4v) is 4.23. The monoisotopic (exact) mass is 492 g/mol. The van der Waals surface area contributed by atoms with Crippen LogP contribution in [0.15, 0.2) is 18.3 Å². The number of carbonyl (C=O) groups is 2. The number of nitrogens with one attached hydrogen (secondary N) is 2. The van der Waals surface area contributed by atoms with Gasteiger partial charge >= 0.3 is 6.18 Å². The van der Waals surface area contributed by atoms with Crippen LogP contribution in [0.25, 0.3) is 0 Å². The fraction of sp³-hybridized carbons (Fsp3) is 0.478. The molecule has 0 atom stereocenters. The first kappa shape index (κ1) is 24.6. The van der Waals surface area contributed by atoms with Crippen molar-refractivity contribution < 1.29 is 27.5 Å². The molecule has 2 aliphatic rings. The number of nitrogens with zero attached hydrogens (tertiary/aromatic N) is 4. The summed E-state index contributed by atoms with van der Waals surface area (Å²) >= 11 is 0. The summed E-state index contributed by atoms with van der Waals surface area (Å²) in [7, 11) is 3.14. The average Bonchev–Trinajstić information content (AvgIpc) is 3.09. The number of aromatic nitrogens is 2. The minimum absolute atomic E-state index is 0.0775. The van der Waals surface area contributed by atoms with E-state index in [0.717, 1.165) is 18.4 Å². The third-order valence-corrected chi connectivity index (χ3v) is 6.07. The number of piperidine rings is 1. The zero-order valence-corrected chi connectivity index (χ0v) is 19.5. The third-order valence-electron chi connectivity index (χ3n) is 6.07. The molecule has 4 rings (SSSR count). The predicted octanol–water partition coefficient (Wildman–Crippen LogP) is 3.65. The molecule has 2 aromatic rings. The summed E-state index contributed by atoms with van der Waals surface area (Å²) in [5.41, 5.74) is 0.648. The second-order valence-electron chi connectivity index (χ2n) is 8.57. The molecule has 2 N–H and O–H groups in total. The molecule has 1 saturated heterocycles. The van der Waals surface area contributed by atoms with Gasteiger partial charge in [0.2, 0.25) is 11.9 Å². The number of hydrogen-bond acceptors (Lipinski definition) is 7. The van der Waals surface area contributed by atoms with Crippen molar-refractivity contribution in [2.24, 2.45) is 0 Å². The van der Waals surface area contributed by atoms with Crippen LogP contribution in [0, 0.1) is 0 Å². The van der Waals surface area contributed by atoms with E-state index in [1.54, 1.807) is 29.0 Å². The summed E-state index contributed by atoms with van der Waals surface area (Å²) in [4.78, 5) is 35.5. The first-order valence-corrected chi connectivity index (χ1v) is 11.4. The molecule has 3 heterocycles. The van der Waals surface area contributed by atoms with Crippen molar-refractivity contribution >= 4 is 29.3 Å². The zero-order valence-electron chi connectivity index (χ0n) is 19.5. The van der Waals surface area contributed by atoms with Crippen LogP contribution < -0.4 is 15.4 Å². The summed E-state index contributed by atoms with van der Waals surface area (Å²) in [6, 6.07) is 3.30. The van der Waals surface area contributed by atoms with Crippen molar-refractivity contribution in [1.29, 1.82) is 0 Å². The van der Waals surface area contributed by atoms with Crippen molar-refractivity contribution in [2.45, 2.75) is 38.4 Å². The number of carbonyl (C=O) groups excluding carboxylic acids is 2. The molecule has 0 aliphatic carbocycles. The Bertz CT molecular complexity index is 1120. The Balaban J connectivity index is 1.51. The van der Waals surface area contributed by atoms with Gasteiger partial charge in [-0.3, -0.25) is 9.59 Å². The number of fused-ring (bicyclic) bond motifs is 1. The standard InChI is InChI=1S/C23H27F3N6O3/c1-31-13-14-10-18(35-2)17(11-15(14)21(31)34)29-22-28-12-16(23(24,25)26)20(30-22)27-7-5-9-32-8-4-3-6-19(32)33/h10-12H,3-9,13H2,1-2H3,(H2,27,28,29,30). The first-order valence-electron chi connectivity index (χ1n) is 11.4. The number of benzene rings is 1. The number of anilines is 3. The molecule has 2 amide bonds. The first-order chi connectivity index (χ1) is 16.7. The molecule has 0 saturated carbocycles. The highest BCUT2D eigenvalue weighted by molar-refractivity contribution is 5.99. The number of alkyl halides is 3. The highest BCUT2D eigenvalue weighted by Gasteiger charge is 2.35. The molecule has 0 bridgehead atoms. The number of hydrogen-bond donors (Lipinski definition) is 2. The Morgan fingerprint density at radius 1 is 1.20 bits per heavy atom. The van der Waals surface area contributed by atoms with Crippen LogP contribution in [0.2, 0.25) is 0 Å². The van der Waals surface area contributed by atoms with Crippen molar-refractivity contribution in [3.8, 4) is 5.75 Å². The van der Waals surface area contributed by atoms with E-state index in [-0.39, 0.29) is 30.1 Å². The van der Waals surface area contributed by atoms with E-state index in [1.807, 2.05) is 0 Å². The Morgan fingerprint density at radius 2 is 2.00 bits per heavy atom. The normalized spacial score (nSPS) is 15.9. The van der Waals surface area contributed by atoms with E-state index < -0.39 is 11.7 Å². The third kappa shape index (κ3) is 5.41. The molecular weight excluding hydrogens is 465 g/mol. The number of amides is 2. The molecular formula is C23H27F3N6O3. The van der Waals surface area contributed by atoms with Crippen molar-refractivity contribution in [3.05, 3.63) is 35.0 Å². The molecule has 2 aliphatic heterocycles. The quantitative estimate of drug-likeness (QED) is 0.543. The van der Waals surface area contributed by atoms with E-state index >= 15 is 0 Å². The summed E-state index contributed by atoms with van der Waals surface area (Å²) < 4.78 is 46.0. The van der Waals surface area contributed by atoms with Gasteiger partial charge < -0.3 is 25.2 Å². The Hall–Kier alpha value is -3.57. The fourth-order valence-electron chi connectivity index (χ4n) is 4.23. The lowest BCUT2D eigenvalue weighted by Gasteiger charge is -2.26. The predicted molar refractivity (Wildman–Crippen MR) is 123 cm³/mol. The van der Waals surface area contributed by atoms with Gasteiger partial charge in [0.15, 0.2) is 0 Å². The molecule has 1 aromatic heterocycles. The van der Waals surface area contributed by atoms with E-state index in [0.29, 0.717) is 55.7 Å². The van der Waals surface area contributed by atoms with Gasteiger partial charge in [0.1, 0.15) is 17.1 Å². The van der Waals surface area contributed by atoms with Gasteiger partial charge in [-0.15, -0.1) is 0 Å². The minimum atomic E-state index is -4.65. The smallest absolute Gasteiger partial charge is 0.421 e. The lowest BCUT2D eigenvalue weighted by Crippen LogP contribution is -2.36. The average molecular weight is 493 g/mol. The summed E-state index contributed by atoms with van der Waals surface area (Å²) in [5.74, 6) is -0.113. The van der Waals surface area contributed by atoms with Crippen molar-refractivity contribution in [2.75, 3.05) is 44.4 Å². The van der Waals surface area contributed by atoms with Gasteiger partial charge in [0, 0.05) is 51.4 Å². The van der Waals surface area contributed by atoms with Crippen molar-refractivity contribution in [1.82, 2.24) is 19.8 Å². The van der Waals surface area contributed by atoms with Crippen LogP contribution >= 0.6 is 0 Å². The van der Waals surface area contributed by atoms with Gasteiger partial charge in [-0.25, -0.2) is 4.98 Å². The van der Waals surface area contributed by atoms with E-state index in [9.17, 15) is 22.8 Å². The maximum absolute atomic E-state index is 13.6. The molecule has 1 fully saturated rings. The molecule has 35 heavy (non-hydrogen) atoms. The van der Waals surface area contributed by atoms with Crippen LogP contribution in [0.4, 0.5) is 30.6 Å². The molecule has 0 spiro atoms. The van der Waals surface area contributed by atoms with Gasteiger partial charge in [-0.05, 0) is 37.0 Å². The van der Waals surface area contributed by atoms with E-state index in [2.05, 4.69) is 20.6 Å². The van der Waals surface area contributed by atoms with Crippen LogP contribution in [-0.4, -0.2) is 65.4 Å². The van der Waals surface area contributed by atoms with E-state index in [1.165, 1.54) is 7.11 Å². The summed E-state index contributed by atoms with van der Waals surface area (Å²) in [6.45, 7) is 1.79. The lowest BCUT2D eigenvalue weighted by molar-refractivity contribution is -0.137. The van der Waals surface area contributed by atoms with Crippen LogP contribution in [0.5, 0.6) is 5.75 Å². The van der Waals surface area contributed by atoms with Crippen LogP contribution in [0.3, 0.4) is 0 Å². The Labute approximate surface area is 200 Å². The van der Waals surface area contributed by atoms with E-state index in [4.69, 9.17) is 4.74 Å². The number of rotatable bonds is 8. The second kappa shape index (κ2) is 9.96. The molecule has 0 unspecified atom stereocenters. The Morgan fingerprint density at radius 3 is 2.71 bits per heavy atom. The number of likely N-dealkylation sites (tertiary alicyclic amines) is 1. The van der Waals surface area contributed by atoms with Crippen LogP contribution in [0.1, 0.15) is 47.2 Å². The van der Waals surface area contributed by atoms with Gasteiger partial charge in [0.05, 0.1) is 12.8 Å². The largest absolute Gasteiger partial charge is 0.495 e. The number of halogens is 3.